The summed E-state index contributed by atoms with van der Waals surface area (Å²) >= 11 is 3.27. The molecule has 1 fully saturated rings. The van der Waals surface area contributed by atoms with E-state index in [1.54, 1.807) is 18.3 Å². The lowest BCUT2D eigenvalue weighted by atomic mass is 10.1. The molecule has 0 saturated heterocycles. The van der Waals surface area contributed by atoms with Gasteiger partial charge < -0.3 is 5.32 Å². The Kier molecular flexibility index (Phi) is 3.75. The molecule has 88 valence electrons. The first-order valence-electron chi connectivity index (χ1n) is 5.53. The first-order chi connectivity index (χ1) is 8.20. The molecule has 1 aliphatic carbocycles. The lowest BCUT2D eigenvalue weighted by Gasteiger charge is -2.14. The molecule has 1 aromatic heterocycles. The molecule has 2 unspecified atom stereocenters. The molecule has 1 amide bonds. The predicted molar refractivity (Wildman–Crippen MR) is 66.1 cm³/mol. The number of halogens is 1. The maximum Gasteiger partial charge on any atom is 0.270 e. The minimum absolute atomic E-state index is 0.0297. The van der Waals surface area contributed by atoms with Crippen molar-refractivity contribution in [3.8, 4) is 6.07 Å². The van der Waals surface area contributed by atoms with Crippen molar-refractivity contribution in [2.75, 3.05) is 0 Å². The zero-order chi connectivity index (χ0) is 12.3. The predicted octanol–water partition coefficient (Wildman–Crippen LogP) is 2.27. The topological polar surface area (TPSA) is 65.8 Å². The van der Waals surface area contributed by atoms with Gasteiger partial charge in [0.2, 0.25) is 0 Å². The average Bonchev–Trinajstić information content (AvgIpc) is 2.77. The number of pyridine rings is 1. The summed E-state index contributed by atoms with van der Waals surface area (Å²) in [5.41, 5.74) is 0.386. The summed E-state index contributed by atoms with van der Waals surface area (Å²) in [6.45, 7) is 0. The van der Waals surface area contributed by atoms with Crippen molar-refractivity contribution in [2.45, 2.75) is 25.3 Å². The smallest absolute Gasteiger partial charge is 0.270 e. The van der Waals surface area contributed by atoms with E-state index in [4.69, 9.17) is 5.26 Å². The SMILES string of the molecule is N#CC1CCCC1NC(=O)c1ccc(Br)cn1. The summed E-state index contributed by atoms with van der Waals surface area (Å²) in [6.07, 6.45) is 4.33. The number of carbonyl (C=O) groups is 1. The van der Waals surface area contributed by atoms with Gasteiger partial charge in [-0.25, -0.2) is 4.98 Å². The molecule has 17 heavy (non-hydrogen) atoms. The third-order valence-corrected chi connectivity index (χ3v) is 3.43. The number of nitrogens with one attached hydrogen (secondary N) is 1. The van der Waals surface area contributed by atoms with Gasteiger partial charge in [-0.3, -0.25) is 4.79 Å². The highest BCUT2D eigenvalue weighted by Crippen LogP contribution is 2.25. The molecule has 0 aliphatic heterocycles. The summed E-state index contributed by atoms with van der Waals surface area (Å²) < 4.78 is 0.838. The summed E-state index contributed by atoms with van der Waals surface area (Å²) in [5, 5.41) is 11.8. The molecule has 0 spiro atoms. The van der Waals surface area contributed by atoms with E-state index in [0.29, 0.717) is 5.69 Å². The zero-order valence-electron chi connectivity index (χ0n) is 9.19. The standard InChI is InChI=1S/C12H12BrN3O/c13-9-4-5-11(15-7-9)12(17)16-10-3-1-2-8(10)6-14/h4-5,7-8,10H,1-3H2,(H,16,17). The summed E-state index contributed by atoms with van der Waals surface area (Å²) in [5.74, 6) is -0.265. The maximum absolute atomic E-state index is 11.9. The number of nitrogens with zero attached hydrogens (tertiary/aromatic N) is 2. The third-order valence-electron chi connectivity index (χ3n) is 2.96. The minimum Gasteiger partial charge on any atom is -0.347 e. The first-order valence-corrected chi connectivity index (χ1v) is 6.32. The van der Waals surface area contributed by atoms with Gasteiger partial charge in [0.25, 0.3) is 5.91 Å². The second-order valence-electron chi connectivity index (χ2n) is 4.11. The van der Waals surface area contributed by atoms with Crippen LogP contribution in [0.1, 0.15) is 29.8 Å². The highest BCUT2D eigenvalue weighted by atomic mass is 79.9. The average molecular weight is 294 g/mol. The Bertz CT molecular complexity index is 452. The Morgan fingerprint density at radius 2 is 2.35 bits per heavy atom. The molecule has 2 rings (SSSR count). The minimum atomic E-state index is -0.204. The third kappa shape index (κ3) is 2.83. The Morgan fingerprint density at radius 1 is 1.53 bits per heavy atom. The van der Waals surface area contributed by atoms with Gasteiger partial charge in [-0.2, -0.15) is 5.26 Å². The van der Waals surface area contributed by atoms with E-state index < -0.39 is 0 Å². The van der Waals surface area contributed by atoms with Gasteiger partial charge in [-0.15, -0.1) is 0 Å². The number of aromatic nitrogens is 1. The van der Waals surface area contributed by atoms with Gasteiger partial charge in [0.05, 0.1) is 12.0 Å². The number of hydrogen-bond acceptors (Lipinski definition) is 3. The lowest BCUT2D eigenvalue weighted by Crippen LogP contribution is -2.37. The molecule has 1 saturated carbocycles. The highest BCUT2D eigenvalue weighted by Gasteiger charge is 2.28. The van der Waals surface area contributed by atoms with Crippen LogP contribution in [-0.2, 0) is 0 Å². The van der Waals surface area contributed by atoms with Gasteiger partial charge in [-0.05, 0) is 47.3 Å². The number of amides is 1. The fourth-order valence-corrected chi connectivity index (χ4v) is 2.27. The van der Waals surface area contributed by atoms with Crippen molar-refractivity contribution in [3.05, 3.63) is 28.5 Å². The number of nitriles is 1. The van der Waals surface area contributed by atoms with E-state index in [0.717, 1.165) is 23.7 Å². The molecule has 0 bridgehead atoms. The van der Waals surface area contributed by atoms with Crippen LogP contribution >= 0.6 is 15.9 Å². The lowest BCUT2D eigenvalue weighted by molar-refractivity contribution is 0.0928. The van der Waals surface area contributed by atoms with Crippen molar-refractivity contribution in [1.29, 1.82) is 5.26 Å². The molecule has 1 heterocycles. The van der Waals surface area contributed by atoms with Gasteiger partial charge >= 0.3 is 0 Å². The molecule has 5 heteroatoms. The van der Waals surface area contributed by atoms with E-state index in [1.807, 2.05) is 0 Å². The van der Waals surface area contributed by atoms with Crippen LogP contribution in [0.25, 0.3) is 0 Å². The van der Waals surface area contributed by atoms with Crippen LogP contribution in [0.4, 0.5) is 0 Å². The van der Waals surface area contributed by atoms with Crippen molar-refractivity contribution < 1.29 is 4.79 Å². The molecule has 1 N–H and O–H groups in total. The van der Waals surface area contributed by atoms with Crippen LogP contribution in [0.2, 0.25) is 0 Å². The van der Waals surface area contributed by atoms with Crippen LogP contribution in [0.3, 0.4) is 0 Å². The summed E-state index contributed by atoms with van der Waals surface area (Å²) in [4.78, 5) is 15.9. The first kappa shape index (κ1) is 12.1. The van der Waals surface area contributed by atoms with Crippen molar-refractivity contribution >= 4 is 21.8 Å². The zero-order valence-corrected chi connectivity index (χ0v) is 10.8. The summed E-state index contributed by atoms with van der Waals surface area (Å²) in [6, 6.07) is 5.65. The molecule has 0 aromatic carbocycles. The molecular weight excluding hydrogens is 282 g/mol. The molecule has 0 radical (unpaired) electrons. The van der Waals surface area contributed by atoms with Gasteiger partial charge in [0, 0.05) is 16.7 Å². The fourth-order valence-electron chi connectivity index (χ4n) is 2.04. The van der Waals surface area contributed by atoms with Crippen molar-refractivity contribution in [2.24, 2.45) is 5.92 Å². The van der Waals surface area contributed by atoms with E-state index in [9.17, 15) is 4.79 Å². The van der Waals surface area contributed by atoms with Crippen LogP contribution in [0.15, 0.2) is 22.8 Å². The van der Waals surface area contributed by atoms with Crippen LogP contribution < -0.4 is 5.32 Å². The van der Waals surface area contributed by atoms with Crippen LogP contribution in [0.5, 0.6) is 0 Å². The monoisotopic (exact) mass is 293 g/mol. The fraction of sp³-hybridized carbons (Fsp3) is 0.417. The Morgan fingerprint density at radius 3 is 3.00 bits per heavy atom. The second kappa shape index (κ2) is 5.28. The van der Waals surface area contributed by atoms with Crippen LogP contribution in [-0.4, -0.2) is 16.9 Å². The van der Waals surface area contributed by atoms with Crippen LogP contribution in [0, 0.1) is 17.2 Å². The van der Waals surface area contributed by atoms with Gasteiger partial charge in [0.15, 0.2) is 0 Å². The molecule has 1 aliphatic rings. The highest BCUT2D eigenvalue weighted by molar-refractivity contribution is 9.10. The molecular formula is C12H12BrN3O. The quantitative estimate of drug-likeness (QED) is 0.910. The summed E-state index contributed by atoms with van der Waals surface area (Å²) in [7, 11) is 0. The second-order valence-corrected chi connectivity index (χ2v) is 5.02. The van der Waals surface area contributed by atoms with E-state index in [2.05, 4.69) is 32.3 Å². The number of hydrogen-bond donors (Lipinski definition) is 1. The largest absolute Gasteiger partial charge is 0.347 e. The van der Waals surface area contributed by atoms with E-state index in [1.165, 1.54) is 0 Å². The van der Waals surface area contributed by atoms with Crippen molar-refractivity contribution in [1.82, 2.24) is 10.3 Å². The Hall–Kier alpha value is -1.41. The number of carbonyl (C=O) groups excluding carboxylic acids is 1. The van der Waals surface area contributed by atoms with E-state index >= 15 is 0 Å². The Labute approximate surface area is 108 Å². The molecule has 1 aromatic rings. The maximum atomic E-state index is 11.9. The molecule has 2 atom stereocenters. The van der Waals surface area contributed by atoms with E-state index in [-0.39, 0.29) is 17.9 Å². The van der Waals surface area contributed by atoms with Gasteiger partial charge in [-0.1, -0.05) is 0 Å². The molecule has 4 nitrogen and oxygen atoms in total. The number of rotatable bonds is 2. The van der Waals surface area contributed by atoms with Crippen molar-refractivity contribution in [3.63, 3.8) is 0 Å². The normalized spacial score (nSPS) is 23.1. The Balaban J connectivity index is 2.02. The van der Waals surface area contributed by atoms with Gasteiger partial charge in [0.1, 0.15) is 5.69 Å².